The Morgan fingerprint density at radius 1 is 1.44 bits per heavy atom. The second-order valence-corrected chi connectivity index (χ2v) is 4.13. The van der Waals surface area contributed by atoms with Gasteiger partial charge in [-0.3, -0.25) is 4.57 Å². The number of hydrogen-bond donors (Lipinski definition) is 4. The van der Waals surface area contributed by atoms with Crippen molar-refractivity contribution >= 4 is 5.82 Å². The number of aliphatic hydroxyl groups is 3. The van der Waals surface area contributed by atoms with Crippen molar-refractivity contribution in [1.29, 1.82) is 0 Å². The van der Waals surface area contributed by atoms with Crippen LogP contribution in [0.15, 0.2) is 17.1 Å². The summed E-state index contributed by atoms with van der Waals surface area (Å²) in [4.78, 5) is 15.1. The van der Waals surface area contributed by atoms with Crippen molar-refractivity contribution in [3.05, 3.63) is 22.7 Å². The normalized spacial score (nSPS) is 31.7. The molecule has 1 fully saturated rings. The molecule has 5 N–H and O–H groups in total. The summed E-state index contributed by atoms with van der Waals surface area (Å²) in [5.74, 6) is -0.578. The number of nitrogens with two attached hydrogens (primary N) is 1. The Morgan fingerprint density at radius 2 is 2.17 bits per heavy atom. The summed E-state index contributed by atoms with van der Waals surface area (Å²) in [5, 5.41) is 28.2. The number of aliphatic hydroxyl groups excluding tert-OH is 3. The highest BCUT2D eigenvalue weighted by Gasteiger charge is 2.44. The third kappa shape index (κ3) is 2.10. The molecular formula is C10H15N3O5. The van der Waals surface area contributed by atoms with E-state index in [0.29, 0.717) is 0 Å². The van der Waals surface area contributed by atoms with Crippen LogP contribution in [0.4, 0.5) is 5.82 Å². The highest BCUT2D eigenvalue weighted by molar-refractivity contribution is 5.23. The lowest BCUT2D eigenvalue weighted by Gasteiger charge is -2.17. The summed E-state index contributed by atoms with van der Waals surface area (Å²) in [7, 11) is 0. The van der Waals surface area contributed by atoms with Gasteiger partial charge in [-0.25, -0.2) is 4.79 Å². The zero-order chi connectivity index (χ0) is 13.3. The Morgan fingerprint density at radius 3 is 2.67 bits per heavy atom. The summed E-state index contributed by atoms with van der Waals surface area (Å²) in [6.07, 6.45) is -1.46. The molecule has 100 valence electrons. The first-order valence-corrected chi connectivity index (χ1v) is 5.48. The second-order valence-electron chi connectivity index (χ2n) is 4.13. The predicted octanol–water partition coefficient (Wildman–Crippen LogP) is -2.32. The third-order valence-electron chi connectivity index (χ3n) is 3.04. The van der Waals surface area contributed by atoms with E-state index in [-0.39, 0.29) is 19.0 Å². The van der Waals surface area contributed by atoms with E-state index < -0.39 is 30.0 Å². The fourth-order valence-electron chi connectivity index (χ4n) is 2.05. The van der Waals surface area contributed by atoms with Gasteiger partial charge in [-0.15, -0.1) is 0 Å². The lowest BCUT2D eigenvalue weighted by Crippen LogP contribution is -2.34. The molecule has 0 aromatic carbocycles. The van der Waals surface area contributed by atoms with Gasteiger partial charge in [-0.1, -0.05) is 0 Å². The average Bonchev–Trinajstić information content (AvgIpc) is 2.66. The van der Waals surface area contributed by atoms with Crippen LogP contribution in [0.3, 0.4) is 0 Å². The molecule has 8 nitrogen and oxygen atoms in total. The summed E-state index contributed by atoms with van der Waals surface area (Å²) >= 11 is 0. The lowest BCUT2D eigenvalue weighted by molar-refractivity contribution is -0.0537. The zero-order valence-electron chi connectivity index (χ0n) is 9.51. The first-order chi connectivity index (χ1) is 8.58. The van der Waals surface area contributed by atoms with Gasteiger partial charge in [0.05, 0.1) is 19.3 Å². The van der Waals surface area contributed by atoms with Crippen LogP contribution in [0, 0.1) is 5.92 Å². The number of hydrogen-bond acceptors (Lipinski definition) is 7. The van der Waals surface area contributed by atoms with E-state index in [9.17, 15) is 9.90 Å². The van der Waals surface area contributed by atoms with Crippen molar-refractivity contribution in [3.63, 3.8) is 0 Å². The molecule has 2 rings (SSSR count). The standard InChI is InChI=1S/C10H15N3O5/c11-7-1-2-13(10(17)12-7)9-8(16)5(3-14)6(4-15)18-9/h1-2,5-6,8-9,14-16H,3-4H2,(H2,11,12,17)/t5-,6-,8-,9?/m0/s1. The number of ether oxygens (including phenoxy) is 1. The molecule has 0 aliphatic carbocycles. The van der Waals surface area contributed by atoms with E-state index in [1.165, 1.54) is 12.3 Å². The fourth-order valence-corrected chi connectivity index (χ4v) is 2.05. The third-order valence-corrected chi connectivity index (χ3v) is 3.04. The first-order valence-electron chi connectivity index (χ1n) is 5.48. The largest absolute Gasteiger partial charge is 0.396 e. The smallest absolute Gasteiger partial charge is 0.351 e. The maximum atomic E-state index is 11.6. The van der Waals surface area contributed by atoms with Crippen molar-refractivity contribution in [2.75, 3.05) is 18.9 Å². The summed E-state index contributed by atoms with van der Waals surface area (Å²) in [6, 6.07) is 1.40. The van der Waals surface area contributed by atoms with Gasteiger partial charge in [0.2, 0.25) is 0 Å². The molecule has 1 aliphatic rings. The van der Waals surface area contributed by atoms with Crippen molar-refractivity contribution < 1.29 is 20.1 Å². The van der Waals surface area contributed by atoms with Crippen LogP contribution in [0.2, 0.25) is 0 Å². The summed E-state index contributed by atoms with van der Waals surface area (Å²) in [5.41, 5.74) is 4.70. The van der Waals surface area contributed by atoms with Crippen LogP contribution in [-0.4, -0.2) is 50.3 Å². The number of rotatable bonds is 3. The molecule has 0 saturated carbocycles. The van der Waals surface area contributed by atoms with E-state index in [4.69, 9.17) is 20.7 Å². The molecule has 0 amide bonds. The van der Waals surface area contributed by atoms with Gasteiger partial charge in [0, 0.05) is 12.1 Å². The minimum atomic E-state index is -1.10. The summed E-state index contributed by atoms with van der Waals surface area (Å²) < 4.78 is 6.44. The first kappa shape index (κ1) is 13.0. The van der Waals surface area contributed by atoms with Gasteiger partial charge < -0.3 is 25.8 Å². The van der Waals surface area contributed by atoms with Crippen LogP contribution >= 0.6 is 0 Å². The highest BCUT2D eigenvalue weighted by Crippen LogP contribution is 2.32. The Hall–Kier alpha value is -1.48. The van der Waals surface area contributed by atoms with Crippen LogP contribution < -0.4 is 11.4 Å². The maximum absolute atomic E-state index is 11.6. The predicted molar refractivity (Wildman–Crippen MR) is 60.5 cm³/mol. The van der Waals surface area contributed by atoms with Gasteiger partial charge in [0.1, 0.15) is 11.9 Å². The number of aromatic nitrogens is 2. The van der Waals surface area contributed by atoms with E-state index >= 15 is 0 Å². The molecule has 0 radical (unpaired) electrons. The van der Waals surface area contributed by atoms with Crippen molar-refractivity contribution in [2.45, 2.75) is 18.4 Å². The number of nitrogens with zero attached hydrogens (tertiary/aromatic N) is 2. The minimum absolute atomic E-state index is 0.0705. The van der Waals surface area contributed by atoms with Crippen LogP contribution in [0.1, 0.15) is 6.23 Å². The van der Waals surface area contributed by atoms with Crippen molar-refractivity contribution in [2.24, 2.45) is 5.92 Å². The quantitative estimate of drug-likeness (QED) is 0.478. The molecule has 1 aromatic rings. The Kier molecular flexibility index (Phi) is 3.62. The molecule has 2 heterocycles. The Bertz CT molecular complexity index is 477. The minimum Gasteiger partial charge on any atom is -0.396 e. The van der Waals surface area contributed by atoms with Gasteiger partial charge >= 0.3 is 5.69 Å². The second kappa shape index (κ2) is 5.02. The van der Waals surface area contributed by atoms with E-state index in [0.717, 1.165) is 4.57 Å². The Balaban J connectivity index is 2.32. The molecule has 0 bridgehead atoms. The molecule has 8 heteroatoms. The molecule has 1 aliphatic heterocycles. The summed E-state index contributed by atoms with van der Waals surface area (Å²) in [6.45, 7) is -0.698. The van der Waals surface area contributed by atoms with Crippen molar-refractivity contribution in [3.8, 4) is 0 Å². The monoisotopic (exact) mass is 257 g/mol. The maximum Gasteiger partial charge on any atom is 0.351 e. The molecule has 18 heavy (non-hydrogen) atoms. The van der Waals surface area contributed by atoms with Crippen LogP contribution in [0.25, 0.3) is 0 Å². The molecule has 1 unspecified atom stereocenters. The van der Waals surface area contributed by atoms with E-state index in [2.05, 4.69) is 4.98 Å². The fraction of sp³-hybridized carbons (Fsp3) is 0.600. The van der Waals surface area contributed by atoms with E-state index in [1.807, 2.05) is 0 Å². The van der Waals surface area contributed by atoms with Crippen molar-refractivity contribution in [1.82, 2.24) is 9.55 Å². The molecule has 0 spiro atoms. The number of anilines is 1. The van der Waals surface area contributed by atoms with Gasteiger partial charge in [-0.2, -0.15) is 4.98 Å². The highest BCUT2D eigenvalue weighted by atomic mass is 16.5. The molecule has 4 atom stereocenters. The molecular weight excluding hydrogens is 242 g/mol. The Labute approximate surface area is 102 Å². The topological polar surface area (TPSA) is 131 Å². The average molecular weight is 257 g/mol. The van der Waals surface area contributed by atoms with E-state index in [1.54, 1.807) is 0 Å². The van der Waals surface area contributed by atoms with Crippen LogP contribution in [-0.2, 0) is 4.74 Å². The zero-order valence-corrected chi connectivity index (χ0v) is 9.51. The van der Waals surface area contributed by atoms with Gasteiger partial charge in [0.15, 0.2) is 6.23 Å². The molecule has 1 aromatic heterocycles. The lowest BCUT2D eigenvalue weighted by atomic mass is 9.99. The molecule has 1 saturated heterocycles. The number of nitrogen functional groups attached to an aromatic ring is 1. The SMILES string of the molecule is Nc1ccn(C2O[C@@H](CO)[C@H](CO)[C@@H]2O)c(=O)n1. The van der Waals surface area contributed by atoms with Gasteiger partial charge in [-0.05, 0) is 6.07 Å². The van der Waals surface area contributed by atoms with Crippen LogP contribution in [0.5, 0.6) is 0 Å². The van der Waals surface area contributed by atoms with Gasteiger partial charge in [0.25, 0.3) is 0 Å².